The molecule has 4 rings (SSSR count). The van der Waals surface area contributed by atoms with Gasteiger partial charge in [-0.15, -0.1) is 0 Å². The second kappa shape index (κ2) is 10.5. The number of nitrogens with zero attached hydrogens (tertiary/aromatic N) is 1. The van der Waals surface area contributed by atoms with Crippen molar-refractivity contribution in [1.29, 1.82) is 0 Å². The summed E-state index contributed by atoms with van der Waals surface area (Å²) in [6, 6.07) is 12.7. The minimum absolute atomic E-state index is 0.0701. The Morgan fingerprint density at radius 1 is 1.06 bits per heavy atom. The van der Waals surface area contributed by atoms with Crippen LogP contribution in [0, 0.1) is 0 Å². The van der Waals surface area contributed by atoms with Gasteiger partial charge in [0.05, 0.1) is 31.7 Å². The molecule has 2 unspecified atom stereocenters. The molecular formula is C25H26N2O7. The number of Topliss-reactive ketones (excluding diaryl/α,β-unsaturated/α-hetero) is 1. The molecule has 2 atom stereocenters. The molecular weight excluding hydrogens is 440 g/mol. The van der Waals surface area contributed by atoms with E-state index in [0.29, 0.717) is 30.2 Å². The van der Waals surface area contributed by atoms with Crippen molar-refractivity contribution in [3.63, 3.8) is 0 Å². The summed E-state index contributed by atoms with van der Waals surface area (Å²) < 4.78 is 15.8. The maximum Gasteiger partial charge on any atom is 0.338 e. The Labute approximate surface area is 197 Å². The molecule has 2 aromatic carbocycles. The normalized spacial score (nSPS) is 19.3. The number of anilines is 1. The Balaban J connectivity index is 1.25. The number of nitrogens with one attached hydrogen (secondary N) is 1. The first-order valence-electron chi connectivity index (χ1n) is 11.1. The number of benzene rings is 2. The first kappa shape index (κ1) is 23.4. The van der Waals surface area contributed by atoms with Crippen LogP contribution in [0.25, 0.3) is 0 Å². The van der Waals surface area contributed by atoms with E-state index in [1.54, 1.807) is 41.3 Å². The molecule has 9 heteroatoms. The van der Waals surface area contributed by atoms with E-state index in [4.69, 9.17) is 14.2 Å². The van der Waals surface area contributed by atoms with Crippen LogP contribution in [0.1, 0.15) is 40.0 Å². The van der Waals surface area contributed by atoms with Crippen molar-refractivity contribution in [1.82, 2.24) is 4.90 Å². The number of hydrogen-bond donors (Lipinski definition) is 1. The minimum Gasteiger partial charge on any atom is -0.497 e. The summed E-state index contributed by atoms with van der Waals surface area (Å²) in [5.74, 6) is -0.845. The SMILES string of the molecule is COc1ccc(C(=O)COC(=O)c2ccc(NC(=O)CC3OCC4CCCN4C3=O)cc2)cc1. The van der Waals surface area contributed by atoms with Gasteiger partial charge >= 0.3 is 5.97 Å². The van der Waals surface area contributed by atoms with E-state index in [9.17, 15) is 19.2 Å². The van der Waals surface area contributed by atoms with Crippen LogP contribution in [0.3, 0.4) is 0 Å². The molecule has 0 bridgehead atoms. The largest absolute Gasteiger partial charge is 0.497 e. The Bertz CT molecular complexity index is 1070. The summed E-state index contributed by atoms with van der Waals surface area (Å²) in [4.78, 5) is 51.1. The van der Waals surface area contributed by atoms with Crippen molar-refractivity contribution < 1.29 is 33.4 Å². The first-order valence-corrected chi connectivity index (χ1v) is 11.1. The molecule has 0 aliphatic carbocycles. The second-order valence-electron chi connectivity index (χ2n) is 8.21. The standard InChI is InChI=1S/C25H26N2O7/c1-32-20-10-6-16(7-11-20)21(28)15-34-25(31)17-4-8-18(9-5-17)26-23(29)13-22-24(30)27-12-2-3-19(27)14-33-22/h4-11,19,22H,2-3,12-15H2,1H3,(H,26,29). The van der Waals surface area contributed by atoms with Gasteiger partial charge in [-0.3, -0.25) is 14.4 Å². The minimum atomic E-state index is -0.771. The van der Waals surface area contributed by atoms with Crippen molar-refractivity contribution in [2.45, 2.75) is 31.4 Å². The molecule has 2 aromatic rings. The topological polar surface area (TPSA) is 111 Å². The van der Waals surface area contributed by atoms with Crippen LogP contribution in [0.15, 0.2) is 48.5 Å². The lowest BCUT2D eigenvalue weighted by Gasteiger charge is -2.34. The summed E-state index contributed by atoms with van der Waals surface area (Å²) in [5.41, 5.74) is 1.12. The number of morpholine rings is 1. The Morgan fingerprint density at radius 3 is 2.47 bits per heavy atom. The quantitative estimate of drug-likeness (QED) is 0.470. The molecule has 0 saturated carbocycles. The van der Waals surface area contributed by atoms with E-state index in [1.165, 1.54) is 19.2 Å². The van der Waals surface area contributed by atoms with Crippen LogP contribution in [-0.2, 0) is 19.1 Å². The van der Waals surface area contributed by atoms with Crippen molar-refractivity contribution in [3.8, 4) is 5.75 Å². The average molecular weight is 466 g/mol. The van der Waals surface area contributed by atoms with Gasteiger partial charge in [0.15, 0.2) is 12.4 Å². The molecule has 2 aliphatic heterocycles. The molecule has 2 aliphatic rings. The molecule has 1 N–H and O–H groups in total. The fraction of sp³-hybridized carbons (Fsp3) is 0.360. The number of methoxy groups -OCH3 is 1. The van der Waals surface area contributed by atoms with E-state index in [1.807, 2.05) is 0 Å². The van der Waals surface area contributed by atoms with Crippen LogP contribution >= 0.6 is 0 Å². The summed E-state index contributed by atoms with van der Waals surface area (Å²) in [6.45, 7) is 0.784. The molecule has 2 fully saturated rings. The predicted molar refractivity (Wildman–Crippen MR) is 122 cm³/mol. The summed E-state index contributed by atoms with van der Waals surface area (Å²) >= 11 is 0. The number of carbonyl (C=O) groups is 4. The number of ether oxygens (including phenoxy) is 3. The molecule has 34 heavy (non-hydrogen) atoms. The lowest BCUT2D eigenvalue weighted by molar-refractivity contribution is -0.158. The van der Waals surface area contributed by atoms with Crippen molar-refractivity contribution in [3.05, 3.63) is 59.7 Å². The van der Waals surface area contributed by atoms with Gasteiger partial charge in [-0.05, 0) is 61.4 Å². The molecule has 2 saturated heterocycles. The Morgan fingerprint density at radius 2 is 1.76 bits per heavy atom. The van der Waals surface area contributed by atoms with Gasteiger partial charge in [0.1, 0.15) is 11.9 Å². The molecule has 2 amide bonds. The predicted octanol–water partition coefficient (Wildman–Crippen LogP) is 2.45. The summed E-state index contributed by atoms with van der Waals surface area (Å²) in [7, 11) is 1.53. The van der Waals surface area contributed by atoms with Gasteiger partial charge < -0.3 is 24.4 Å². The number of hydrogen-bond acceptors (Lipinski definition) is 7. The number of carbonyl (C=O) groups excluding carboxylic acids is 4. The van der Waals surface area contributed by atoms with Gasteiger partial charge in [-0.25, -0.2) is 4.79 Å². The summed E-state index contributed by atoms with van der Waals surface area (Å²) in [6.07, 6.45) is 1.06. The Kier molecular flexibility index (Phi) is 7.22. The molecule has 0 aromatic heterocycles. The van der Waals surface area contributed by atoms with Crippen LogP contribution in [0.2, 0.25) is 0 Å². The third kappa shape index (κ3) is 5.43. The molecule has 2 heterocycles. The fourth-order valence-electron chi connectivity index (χ4n) is 4.07. The summed E-state index contributed by atoms with van der Waals surface area (Å²) in [5, 5.41) is 2.71. The van der Waals surface area contributed by atoms with Crippen molar-refractivity contribution in [2.75, 3.05) is 32.2 Å². The lowest BCUT2D eigenvalue weighted by atomic mass is 10.1. The van der Waals surface area contributed by atoms with Gasteiger partial charge in [0.25, 0.3) is 5.91 Å². The molecule has 0 radical (unpaired) electrons. The highest BCUT2D eigenvalue weighted by Gasteiger charge is 2.39. The fourth-order valence-corrected chi connectivity index (χ4v) is 4.07. The van der Waals surface area contributed by atoms with Crippen molar-refractivity contribution in [2.24, 2.45) is 0 Å². The van der Waals surface area contributed by atoms with Gasteiger partial charge in [-0.2, -0.15) is 0 Å². The van der Waals surface area contributed by atoms with Crippen LogP contribution < -0.4 is 10.1 Å². The lowest BCUT2D eigenvalue weighted by Crippen LogP contribution is -2.51. The maximum absolute atomic E-state index is 12.5. The number of ketones is 1. The highest BCUT2D eigenvalue weighted by molar-refractivity contribution is 6.00. The average Bonchev–Trinajstić information content (AvgIpc) is 3.34. The van der Waals surface area contributed by atoms with Gasteiger partial charge in [-0.1, -0.05) is 0 Å². The molecule has 178 valence electrons. The van der Waals surface area contributed by atoms with E-state index in [0.717, 1.165) is 12.8 Å². The van der Waals surface area contributed by atoms with Crippen LogP contribution in [0.4, 0.5) is 5.69 Å². The van der Waals surface area contributed by atoms with E-state index in [-0.39, 0.29) is 35.6 Å². The maximum atomic E-state index is 12.5. The second-order valence-corrected chi connectivity index (χ2v) is 8.21. The zero-order chi connectivity index (χ0) is 24.1. The van der Waals surface area contributed by atoms with Gasteiger partial charge in [0, 0.05) is 17.8 Å². The molecule has 0 spiro atoms. The van der Waals surface area contributed by atoms with Crippen LogP contribution in [-0.4, -0.2) is 67.5 Å². The van der Waals surface area contributed by atoms with E-state index < -0.39 is 18.7 Å². The van der Waals surface area contributed by atoms with Crippen LogP contribution in [0.5, 0.6) is 5.75 Å². The van der Waals surface area contributed by atoms with E-state index >= 15 is 0 Å². The van der Waals surface area contributed by atoms with E-state index in [2.05, 4.69) is 5.32 Å². The Hall–Kier alpha value is -3.72. The number of fused-ring (bicyclic) bond motifs is 1. The third-order valence-electron chi connectivity index (χ3n) is 5.95. The zero-order valence-electron chi connectivity index (χ0n) is 18.8. The third-order valence-corrected chi connectivity index (χ3v) is 5.95. The highest BCUT2D eigenvalue weighted by Crippen LogP contribution is 2.25. The molecule has 9 nitrogen and oxygen atoms in total. The number of rotatable bonds is 8. The zero-order valence-corrected chi connectivity index (χ0v) is 18.8. The smallest absolute Gasteiger partial charge is 0.338 e. The van der Waals surface area contributed by atoms with Gasteiger partial charge in [0.2, 0.25) is 5.91 Å². The first-order chi connectivity index (χ1) is 16.4. The van der Waals surface area contributed by atoms with Crippen molar-refractivity contribution >= 4 is 29.3 Å². The monoisotopic (exact) mass is 466 g/mol. The highest BCUT2D eigenvalue weighted by atomic mass is 16.5. The number of amides is 2. The number of esters is 1.